The van der Waals surface area contributed by atoms with Gasteiger partial charge in [-0.3, -0.25) is 4.79 Å². The van der Waals surface area contributed by atoms with E-state index in [9.17, 15) is 4.79 Å². The molecule has 22 heavy (non-hydrogen) atoms. The van der Waals surface area contributed by atoms with Gasteiger partial charge in [-0.1, -0.05) is 76.5 Å². The SMILES string of the molecule is CCCCCCCCCCCC1=C[C@@H]2[C@H](C1=O)[C@H]1C=C[C@@H]2C1. The number of allylic oxidation sites excluding steroid dienone is 4. The molecule has 0 radical (unpaired) electrons. The molecule has 0 spiro atoms. The maximum atomic E-state index is 12.5. The molecule has 1 nitrogen and oxygen atoms in total. The molecular formula is C21H32O. The van der Waals surface area contributed by atoms with E-state index in [-0.39, 0.29) is 0 Å². The molecule has 1 heteroatoms. The lowest BCUT2D eigenvalue weighted by Crippen LogP contribution is -2.21. The highest BCUT2D eigenvalue weighted by atomic mass is 16.1. The number of hydrogen-bond acceptors (Lipinski definition) is 1. The van der Waals surface area contributed by atoms with Crippen molar-refractivity contribution in [2.24, 2.45) is 23.7 Å². The van der Waals surface area contributed by atoms with Crippen molar-refractivity contribution in [3.05, 3.63) is 23.8 Å². The van der Waals surface area contributed by atoms with Crippen LogP contribution in [0.3, 0.4) is 0 Å². The molecule has 2 bridgehead atoms. The highest BCUT2D eigenvalue weighted by Gasteiger charge is 2.50. The minimum absolute atomic E-state index is 0.337. The van der Waals surface area contributed by atoms with Crippen LogP contribution in [0.1, 0.15) is 77.6 Å². The molecule has 0 aliphatic heterocycles. The fourth-order valence-corrected chi connectivity index (χ4v) is 4.82. The van der Waals surface area contributed by atoms with Crippen molar-refractivity contribution >= 4 is 5.78 Å². The third kappa shape index (κ3) is 3.39. The number of fused-ring (bicyclic) bond motifs is 5. The van der Waals surface area contributed by atoms with E-state index < -0.39 is 0 Å². The molecule has 3 aliphatic carbocycles. The molecule has 3 aliphatic rings. The smallest absolute Gasteiger partial charge is 0.162 e. The Bertz CT molecular complexity index is 445. The maximum absolute atomic E-state index is 12.5. The van der Waals surface area contributed by atoms with E-state index in [2.05, 4.69) is 25.2 Å². The fraction of sp³-hybridized carbons (Fsp3) is 0.762. The van der Waals surface area contributed by atoms with Crippen LogP contribution < -0.4 is 0 Å². The van der Waals surface area contributed by atoms with Gasteiger partial charge in [0.15, 0.2) is 5.78 Å². The number of carbonyl (C=O) groups excluding carboxylic acids is 1. The molecule has 0 aromatic heterocycles. The van der Waals surface area contributed by atoms with Crippen LogP contribution in [0.2, 0.25) is 0 Å². The topological polar surface area (TPSA) is 17.1 Å². The second-order valence-corrected chi connectivity index (χ2v) is 7.69. The molecule has 0 amide bonds. The van der Waals surface area contributed by atoms with Crippen molar-refractivity contribution in [2.75, 3.05) is 0 Å². The zero-order valence-corrected chi connectivity index (χ0v) is 14.2. The fourth-order valence-electron chi connectivity index (χ4n) is 4.82. The molecule has 1 fully saturated rings. The van der Waals surface area contributed by atoms with Crippen molar-refractivity contribution in [3.63, 3.8) is 0 Å². The minimum Gasteiger partial charge on any atom is -0.294 e. The highest BCUT2D eigenvalue weighted by molar-refractivity contribution is 6.00. The monoisotopic (exact) mass is 300 g/mol. The van der Waals surface area contributed by atoms with Gasteiger partial charge in [-0.05, 0) is 42.6 Å². The summed E-state index contributed by atoms with van der Waals surface area (Å²) in [7, 11) is 0. The van der Waals surface area contributed by atoms with Crippen molar-refractivity contribution in [1.82, 2.24) is 0 Å². The molecule has 122 valence electrons. The summed E-state index contributed by atoms with van der Waals surface area (Å²) >= 11 is 0. The zero-order valence-electron chi connectivity index (χ0n) is 14.2. The summed E-state index contributed by atoms with van der Waals surface area (Å²) in [5, 5.41) is 0. The summed E-state index contributed by atoms with van der Waals surface area (Å²) in [6.45, 7) is 2.27. The molecule has 0 aromatic rings. The lowest BCUT2D eigenvalue weighted by molar-refractivity contribution is -0.119. The lowest BCUT2D eigenvalue weighted by atomic mass is 9.85. The predicted molar refractivity (Wildman–Crippen MR) is 92.7 cm³/mol. The Kier molecular flexibility index (Phi) is 5.55. The molecule has 0 saturated heterocycles. The van der Waals surface area contributed by atoms with E-state index in [1.54, 1.807) is 0 Å². The summed E-state index contributed by atoms with van der Waals surface area (Å²) in [5.74, 6) is 2.65. The summed E-state index contributed by atoms with van der Waals surface area (Å²) in [5.41, 5.74) is 1.18. The van der Waals surface area contributed by atoms with Gasteiger partial charge >= 0.3 is 0 Å². The van der Waals surface area contributed by atoms with Crippen LogP contribution in [-0.2, 0) is 4.79 Å². The Labute approximate surface area is 136 Å². The van der Waals surface area contributed by atoms with Crippen molar-refractivity contribution in [2.45, 2.75) is 77.6 Å². The van der Waals surface area contributed by atoms with Crippen molar-refractivity contribution in [3.8, 4) is 0 Å². The van der Waals surface area contributed by atoms with Gasteiger partial charge in [-0.2, -0.15) is 0 Å². The van der Waals surface area contributed by atoms with Crippen LogP contribution in [0.4, 0.5) is 0 Å². The summed E-state index contributed by atoms with van der Waals surface area (Å²) in [4.78, 5) is 12.5. The molecular weight excluding hydrogens is 268 g/mol. The third-order valence-electron chi connectivity index (χ3n) is 6.08. The van der Waals surface area contributed by atoms with Gasteiger partial charge in [0.25, 0.3) is 0 Å². The van der Waals surface area contributed by atoms with E-state index >= 15 is 0 Å². The Morgan fingerprint density at radius 3 is 2.23 bits per heavy atom. The van der Waals surface area contributed by atoms with Gasteiger partial charge < -0.3 is 0 Å². The predicted octanol–water partition coefficient (Wildman–Crippen LogP) is 5.85. The average Bonchev–Trinajstić information content (AvgIpc) is 3.20. The quantitative estimate of drug-likeness (QED) is 0.365. The van der Waals surface area contributed by atoms with Gasteiger partial charge in [0.05, 0.1) is 0 Å². The van der Waals surface area contributed by atoms with Crippen LogP contribution in [0.15, 0.2) is 23.8 Å². The van der Waals surface area contributed by atoms with Crippen LogP contribution in [0, 0.1) is 23.7 Å². The number of rotatable bonds is 10. The zero-order chi connectivity index (χ0) is 15.4. The van der Waals surface area contributed by atoms with Crippen LogP contribution in [0.5, 0.6) is 0 Å². The molecule has 0 unspecified atom stereocenters. The minimum atomic E-state index is 0.337. The normalized spacial score (nSPS) is 31.9. The van der Waals surface area contributed by atoms with E-state index in [4.69, 9.17) is 0 Å². The second-order valence-electron chi connectivity index (χ2n) is 7.69. The Balaban J connectivity index is 1.29. The first kappa shape index (κ1) is 16.0. The van der Waals surface area contributed by atoms with E-state index in [0.717, 1.165) is 6.42 Å². The first-order valence-corrected chi connectivity index (χ1v) is 9.74. The van der Waals surface area contributed by atoms with Gasteiger partial charge in [0.1, 0.15) is 0 Å². The van der Waals surface area contributed by atoms with E-state index in [1.807, 2.05) is 0 Å². The molecule has 1 saturated carbocycles. The van der Waals surface area contributed by atoms with Crippen LogP contribution in [-0.4, -0.2) is 5.78 Å². The maximum Gasteiger partial charge on any atom is 0.162 e. The number of ketones is 1. The van der Waals surface area contributed by atoms with E-state index in [0.29, 0.717) is 29.5 Å². The molecule has 4 atom stereocenters. The first-order valence-electron chi connectivity index (χ1n) is 9.74. The Hall–Kier alpha value is -0.850. The third-order valence-corrected chi connectivity index (χ3v) is 6.08. The largest absolute Gasteiger partial charge is 0.294 e. The van der Waals surface area contributed by atoms with Crippen molar-refractivity contribution < 1.29 is 4.79 Å². The van der Waals surface area contributed by atoms with Crippen LogP contribution in [0.25, 0.3) is 0 Å². The molecule has 0 aromatic carbocycles. The van der Waals surface area contributed by atoms with Gasteiger partial charge in [0.2, 0.25) is 0 Å². The Morgan fingerprint density at radius 1 is 0.909 bits per heavy atom. The second kappa shape index (κ2) is 7.62. The van der Waals surface area contributed by atoms with Gasteiger partial charge in [0, 0.05) is 5.92 Å². The standard InChI is InChI=1S/C21H32O/c1-2-3-4-5-6-7-8-9-10-11-18-15-19-16-12-13-17(14-16)20(19)21(18)22/h12-13,15-17,19-20H,2-11,14H2,1H3/t16-,17+,19+,20-/m1/s1. The number of unbranched alkanes of at least 4 members (excludes halogenated alkanes) is 8. The summed E-state index contributed by atoms with van der Waals surface area (Å²) in [6, 6.07) is 0. The molecule has 3 rings (SSSR count). The number of Topliss-reactive ketones (excluding diaryl/α,β-unsaturated/α-hetero) is 1. The number of carbonyl (C=O) groups is 1. The average molecular weight is 300 g/mol. The summed E-state index contributed by atoms with van der Waals surface area (Å²) < 4.78 is 0. The van der Waals surface area contributed by atoms with Gasteiger partial charge in [-0.15, -0.1) is 0 Å². The number of hydrogen-bond donors (Lipinski definition) is 0. The van der Waals surface area contributed by atoms with Crippen molar-refractivity contribution in [1.29, 1.82) is 0 Å². The Morgan fingerprint density at radius 2 is 1.55 bits per heavy atom. The molecule has 0 N–H and O–H groups in total. The highest BCUT2D eigenvalue weighted by Crippen LogP contribution is 2.53. The van der Waals surface area contributed by atoms with E-state index in [1.165, 1.54) is 69.8 Å². The van der Waals surface area contributed by atoms with Crippen LogP contribution >= 0.6 is 0 Å². The van der Waals surface area contributed by atoms with Gasteiger partial charge in [-0.25, -0.2) is 0 Å². The first-order chi connectivity index (χ1) is 10.8. The lowest BCUT2D eigenvalue weighted by Gasteiger charge is -2.17. The summed E-state index contributed by atoms with van der Waals surface area (Å²) in [6.07, 6.45) is 21.5. The molecule has 0 heterocycles.